The summed E-state index contributed by atoms with van der Waals surface area (Å²) in [5, 5.41) is 0. The summed E-state index contributed by atoms with van der Waals surface area (Å²) in [5.74, 6) is 0.422. The van der Waals surface area contributed by atoms with Crippen molar-refractivity contribution in [2.45, 2.75) is 31.2 Å². The van der Waals surface area contributed by atoms with Crippen molar-refractivity contribution in [2.75, 3.05) is 12.3 Å². The SMILES string of the molecule is CCC1OC(N2CC(F)C(N)=NC2=O)CS1. The molecule has 0 aromatic heterocycles. The first-order valence-corrected chi connectivity index (χ1v) is 6.22. The minimum absolute atomic E-state index is 0.0597. The van der Waals surface area contributed by atoms with Gasteiger partial charge in [-0.25, -0.2) is 9.18 Å². The monoisotopic (exact) mass is 247 g/mol. The fourth-order valence-corrected chi connectivity index (χ4v) is 2.73. The number of aliphatic imine (C=N–C) groups is 1. The van der Waals surface area contributed by atoms with Crippen LogP contribution in [0.4, 0.5) is 9.18 Å². The van der Waals surface area contributed by atoms with Gasteiger partial charge in [-0.05, 0) is 6.42 Å². The Bertz CT molecular complexity index is 326. The maximum Gasteiger partial charge on any atom is 0.347 e. The Hall–Kier alpha value is -0.820. The number of ether oxygens (including phenoxy) is 1. The zero-order valence-corrected chi connectivity index (χ0v) is 9.74. The second-order valence-corrected chi connectivity index (χ2v) is 4.89. The van der Waals surface area contributed by atoms with Crippen LogP contribution in [0, 0.1) is 0 Å². The van der Waals surface area contributed by atoms with Crippen LogP contribution in [0.25, 0.3) is 0 Å². The summed E-state index contributed by atoms with van der Waals surface area (Å²) in [6.45, 7) is 1.95. The van der Waals surface area contributed by atoms with Gasteiger partial charge in [0.2, 0.25) is 0 Å². The highest BCUT2D eigenvalue weighted by atomic mass is 32.2. The fraction of sp³-hybridized carbons (Fsp3) is 0.778. The van der Waals surface area contributed by atoms with E-state index in [1.54, 1.807) is 11.8 Å². The summed E-state index contributed by atoms with van der Waals surface area (Å²) in [6.07, 6.45) is -0.891. The molecule has 0 aromatic rings. The van der Waals surface area contributed by atoms with Crippen LogP contribution in [0.3, 0.4) is 0 Å². The summed E-state index contributed by atoms with van der Waals surface area (Å²) < 4.78 is 18.9. The first kappa shape index (κ1) is 11.7. The highest BCUT2D eigenvalue weighted by Crippen LogP contribution is 2.30. The molecule has 2 rings (SSSR count). The lowest BCUT2D eigenvalue weighted by molar-refractivity contribution is -0.0265. The first-order valence-electron chi connectivity index (χ1n) is 5.17. The number of amidine groups is 1. The van der Waals surface area contributed by atoms with Gasteiger partial charge in [-0.3, -0.25) is 4.90 Å². The molecule has 2 aliphatic heterocycles. The minimum Gasteiger partial charge on any atom is -0.384 e. The van der Waals surface area contributed by atoms with Gasteiger partial charge in [0.1, 0.15) is 17.5 Å². The molecule has 0 radical (unpaired) electrons. The predicted molar refractivity (Wildman–Crippen MR) is 60.0 cm³/mol. The number of hydrogen-bond acceptors (Lipinski definition) is 4. The van der Waals surface area contributed by atoms with Gasteiger partial charge in [-0.15, -0.1) is 11.8 Å². The third kappa shape index (κ3) is 2.15. The fourth-order valence-electron chi connectivity index (χ4n) is 1.65. The van der Waals surface area contributed by atoms with Crippen LogP contribution in [0.15, 0.2) is 4.99 Å². The van der Waals surface area contributed by atoms with Gasteiger partial charge in [0.15, 0.2) is 6.17 Å². The first-order chi connectivity index (χ1) is 7.61. The van der Waals surface area contributed by atoms with Crippen molar-refractivity contribution in [3.63, 3.8) is 0 Å². The highest BCUT2D eigenvalue weighted by Gasteiger charge is 2.37. The number of hydrogen-bond donors (Lipinski definition) is 1. The highest BCUT2D eigenvalue weighted by molar-refractivity contribution is 8.00. The van der Waals surface area contributed by atoms with E-state index >= 15 is 0 Å². The number of thioether (sulfide) groups is 1. The summed E-state index contributed by atoms with van der Waals surface area (Å²) in [7, 11) is 0. The number of carbonyl (C=O) groups excluding carboxylic acids is 1. The molecule has 2 amide bonds. The number of amides is 2. The zero-order valence-electron chi connectivity index (χ0n) is 8.93. The molecule has 2 heterocycles. The predicted octanol–water partition coefficient (Wildman–Crippen LogP) is 0.943. The second-order valence-electron chi connectivity index (χ2n) is 3.70. The van der Waals surface area contributed by atoms with Gasteiger partial charge >= 0.3 is 6.03 Å². The molecule has 7 heteroatoms. The largest absolute Gasteiger partial charge is 0.384 e. The van der Waals surface area contributed by atoms with E-state index in [2.05, 4.69) is 4.99 Å². The number of nitrogens with zero attached hydrogens (tertiary/aromatic N) is 2. The Balaban J connectivity index is 2.03. The maximum absolute atomic E-state index is 13.3. The van der Waals surface area contributed by atoms with Gasteiger partial charge in [-0.2, -0.15) is 4.99 Å². The molecule has 16 heavy (non-hydrogen) atoms. The number of nitrogens with two attached hydrogens (primary N) is 1. The van der Waals surface area contributed by atoms with Crippen molar-refractivity contribution in [3.05, 3.63) is 0 Å². The Labute approximate surface area is 97.2 Å². The quantitative estimate of drug-likeness (QED) is 0.788. The van der Waals surface area contributed by atoms with Crippen LogP contribution in [-0.4, -0.2) is 46.9 Å². The van der Waals surface area contributed by atoms with Gasteiger partial charge in [0.05, 0.1) is 6.54 Å². The van der Waals surface area contributed by atoms with E-state index in [9.17, 15) is 9.18 Å². The van der Waals surface area contributed by atoms with Crippen molar-refractivity contribution in [2.24, 2.45) is 10.7 Å². The summed E-state index contributed by atoms with van der Waals surface area (Å²) in [6, 6.07) is -0.506. The summed E-state index contributed by atoms with van der Waals surface area (Å²) >= 11 is 1.63. The van der Waals surface area contributed by atoms with Crippen LogP contribution in [0.5, 0.6) is 0 Å². The molecule has 0 aliphatic carbocycles. The maximum atomic E-state index is 13.3. The number of halogens is 1. The molecule has 0 spiro atoms. The Kier molecular flexibility index (Phi) is 3.34. The number of carbonyl (C=O) groups is 1. The van der Waals surface area contributed by atoms with Crippen LogP contribution in [0.1, 0.15) is 13.3 Å². The van der Waals surface area contributed by atoms with E-state index in [0.717, 1.165) is 6.42 Å². The minimum atomic E-state index is -1.38. The molecular weight excluding hydrogens is 233 g/mol. The molecule has 3 atom stereocenters. The molecular formula is C9H14FN3O2S. The lowest BCUT2D eigenvalue weighted by Gasteiger charge is -2.30. The van der Waals surface area contributed by atoms with Gasteiger partial charge < -0.3 is 10.5 Å². The average Bonchev–Trinajstić information content (AvgIpc) is 2.71. The van der Waals surface area contributed by atoms with E-state index in [0.29, 0.717) is 5.75 Å². The average molecular weight is 247 g/mol. The van der Waals surface area contributed by atoms with Crippen LogP contribution in [0.2, 0.25) is 0 Å². The lowest BCUT2D eigenvalue weighted by atomic mass is 10.3. The summed E-state index contributed by atoms with van der Waals surface area (Å²) in [5.41, 5.74) is 5.35. The van der Waals surface area contributed by atoms with Crippen molar-refractivity contribution in [3.8, 4) is 0 Å². The van der Waals surface area contributed by atoms with Crippen molar-refractivity contribution in [1.29, 1.82) is 0 Å². The zero-order chi connectivity index (χ0) is 11.7. The van der Waals surface area contributed by atoms with Crippen LogP contribution >= 0.6 is 11.8 Å². The van der Waals surface area contributed by atoms with Gasteiger partial charge in [-0.1, -0.05) is 6.92 Å². The van der Waals surface area contributed by atoms with Crippen molar-refractivity contribution in [1.82, 2.24) is 4.90 Å². The third-order valence-corrected chi connectivity index (χ3v) is 3.86. The third-order valence-electron chi connectivity index (χ3n) is 2.56. The van der Waals surface area contributed by atoms with Crippen molar-refractivity contribution >= 4 is 23.6 Å². The lowest BCUT2D eigenvalue weighted by Crippen LogP contribution is -2.51. The van der Waals surface area contributed by atoms with Crippen LogP contribution < -0.4 is 5.73 Å². The molecule has 2 aliphatic rings. The van der Waals surface area contributed by atoms with Gasteiger partial charge in [0.25, 0.3) is 0 Å². The molecule has 3 unspecified atom stereocenters. The second kappa shape index (κ2) is 4.58. The molecule has 0 aromatic carbocycles. The standard InChI is InChI=1S/C9H14FN3O2S/c1-2-7-15-6(4-16-7)13-3-5(10)8(11)12-9(13)14/h5-7H,2-4H2,1H3,(H2,11,12,14). The van der Waals surface area contributed by atoms with Crippen LogP contribution in [-0.2, 0) is 4.74 Å². The molecule has 90 valence electrons. The molecule has 1 fully saturated rings. The van der Waals surface area contributed by atoms with Crippen molar-refractivity contribution < 1.29 is 13.9 Å². The molecule has 0 bridgehead atoms. The van der Waals surface area contributed by atoms with E-state index in [4.69, 9.17) is 10.5 Å². The summed E-state index contributed by atoms with van der Waals surface area (Å²) in [4.78, 5) is 16.3. The van der Waals surface area contributed by atoms with E-state index < -0.39 is 12.2 Å². The molecule has 5 nitrogen and oxygen atoms in total. The molecule has 2 N–H and O–H groups in total. The smallest absolute Gasteiger partial charge is 0.347 e. The number of alkyl halides is 1. The normalized spacial score (nSPS) is 35.4. The Morgan fingerprint density at radius 3 is 3.12 bits per heavy atom. The number of urea groups is 1. The molecule has 0 saturated carbocycles. The van der Waals surface area contributed by atoms with E-state index in [1.807, 2.05) is 6.92 Å². The molecule has 1 saturated heterocycles. The Morgan fingerprint density at radius 2 is 2.50 bits per heavy atom. The number of rotatable bonds is 2. The van der Waals surface area contributed by atoms with E-state index in [1.165, 1.54) is 4.90 Å². The van der Waals surface area contributed by atoms with E-state index in [-0.39, 0.29) is 24.0 Å². The van der Waals surface area contributed by atoms with Gasteiger partial charge in [0, 0.05) is 5.75 Å². The topological polar surface area (TPSA) is 67.9 Å². The Morgan fingerprint density at radius 1 is 1.75 bits per heavy atom.